The molecule has 0 fully saturated rings. The highest BCUT2D eigenvalue weighted by Crippen LogP contribution is 2.27. The molecule has 2 aromatic rings. The van der Waals surface area contributed by atoms with Crippen molar-refractivity contribution in [2.24, 2.45) is 0 Å². The van der Waals surface area contributed by atoms with Crippen LogP contribution >= 0.6 is 0 Å². The lowest BCUT2D eigenvalue weighted by atomic mass is 9.99. The van der Waals surface area contributed by atoms with Gasteiger partial charge in [0.15, 0.2) is 0 Å². The molecule has 1 heterocycles. The molecule has 0 spiro atoms. The minimum atomic E-state index is -1.29. The summed E-state index contributed by atoms with van der Waals surface area (Å²) in [5.74, 6) is -2.81. The zero-order valence-electron chi connectivity index (χ0n) is 10.6. The fourth-order valence-electron chi connectivity index (χ4n) is 1.92. The molecular weight excluding hydrogens is 252 g/mol. The topological polar surface area (TPSA) is 50.2 Å². The number of carbonyl (C=O) groups is 1. The molecule has 1 aromatic carbocycles. The van der Waals surface area contributed by atoms with E-state index in [1.165, 1.54) is 6.07 Å². The predicted octanol–water partition coefficient (Wildman–Crippen LogP) is 3.72. The van der Waals surface area contributed by atoms with Crippen molar-refractivity contribution >= 4 is 16.9 Å². The summed E-state index contributed by atoms with van der Waals surface area (Å²) >= 11 is 0. The number of halogens is 2. The molecule has 0 aliphatic rings. The smallest absolute Gasteiger partial charge is 0.336 e. The molecule has 1 unspecified atom stereocenters. The molecule has 0 aliphatic heterocycles. The second kappa shape index (κ2) is 4.91. The monoisotopic (exact) mass is 265 g/mol. The summed E-state index contributed by atoms with van der Waals surface area (Å²) in [5, 5.41) is 8.88. The van der Waals surface area contributed by atoms with E-state index in [1.54, 1.807) is 0 Å². The highest BCUT2D eigenvalue weighted by molar-refractivity contribution is 6.03. The summed E-state index contributed by atoms with van der Waals surface area (Å²) in [5.41, 5.74) is -0.0237. The van der Waals surface area contributed by atoms with Crippen LogP contribution < -0.4 is 0 Å². The van der Waals surface area contributed by atoms with Gasteiger partial charge in [-0.2, -0.15) is 0 Å². The normalized spacial score (nSPS) is 12.6. The summed E-state index contributed by atoms with van der Waals surface area (Å²) < 4.78 is 27.5. The number of rotatable bonds is 3. The van der Waals surface area contributed by atoms with Crippen molar-refractivity contribution in [3.05, 3.63) is 41.1 Å². The first kappa shape index (κ1) is 13.4. The van der Waals surface area contributed by atoms with Gasteiger partial charge >= 0.3 is 5.97 Å². The maximum absolute atomic E-state index is 13.7. The number of fused-ring (bicyclic) bond motifs is 1. The third kappa shape index (κ3) is 2.28. The van der Waals surface area contributed by atoms with Crippen LogP contribution in [-0.2, 0) is 0 Å². The molecule has 0 radical (unpaired) electrons. The van der Waals surface area contributed by atoms with E-state index in [-0.39, 0.29) is 22.4 Å². The maximum Gasteiger partial charge on any atom is 0.336 e. The highest BCUT2D eigenvalue weighted by Gasteiger charge is 2.19. The van der Waals surface area contributed by atoms with Gasteiger partial charge in [-0.3, -0.25) is 0 Å². The lowest BCUT2D eigenvalue weighted by molar-refractivity contribution is 0.0698. The van der Waals surface area contributed by atoms with Crippen molar-refractivity contribution in [3.8, 4) is 0 Å². The van der Waals surface area contributed by atoms with Crippen LogP contribution in [0.25, 0.3) is 10.9 Å². The van der Waals surface area contributed by atoms with Gasteiger partial charge in [0.25, 0.3) is 0 Å². The van der Waals surface area contributed by atoms with Crippen molar-refractivity contribution < 1.29 is 18.7 Å². The van der Waals surface area contributed by atoms with E-state index in [9.17, 15) is 13.6 Å². The number of carboxylic acid groups (broad SMARTS) is 1. The zero-order chi connectivity index (χ0) is 14.2. The van der Waals surface area contributed by atoms with Crippen molar-refractivity contribution in [1.29, 1.82) is 0 Å². The van der Waals surface area contributed by atoms with Gasteiger partial charge < -0.3 is 5.11 Å². The summed E-state index contributed by atoms with van der Waals surface area (Å²) in [7, 11) is 0. The molecule has 1 aromatic heterocycles. The molecule has 1 N–H and O–H groups in total. The van der Waals surface area contributed by atoms with Gasteiger partial charge in [-0.15, -0.1) is 0 Å². The number of benzene rings is 1. The van der Waals surface area contributed by atoms with E-state index in [0.29, 0.717) is 5.69 Å². The van der Waals surface area contributed by atoms with Gasteiger partial charge in [-0.05, 0) is 30.5 Å². The number of aromatic nitrogens is 1. The van der Waals surface area contributed by atoms with Crippen LogP contribution in [0.2, 0.25) is 0 Å². The molecule has 100 valence electrons. The van der Waals surface area contributed by atoms with E-state index in [2.05, 4.69) is 4.98 Å². The molecule has 0 bridgehead atoms. The average Bonchev–Trinajstić information content (AvgIpc) is 2.40. The molecule has 0 aliphatic carbocycles. The zero-order valence-corrected chi connectivity index (χ0v) is 10.6. The van der Waals surface area contributed by atoms with Crippen LogP contribution in [0.3, 0.4) is 0 Å². The van der Waals surface area contributed by atoms with E-state index >= 15 is 0 Å². The molecule has 3 nitrogen and oxygen atoms in total. The van der Waals surface area contributed by atoms with Crippen LogP contribution in [0.15, 0.2) is 18.2 Å². The number of aromatic carboxylic acids is 1. The van der Waals surface area contributed by atoms with Crippen LogP contribution in [-0.4, -0.2) is 16.1 Å². The van der Waals surface area contributed by atoms with Crippen LogP contribution in [0, 0.1) is 11.6 Å². The predicted molar refractivity (Wildman–Crippen MR) is 67.3 cm³/mol. The SMILES string of the molecule is CCC(C)c1cc(C(=O)O)c2c(F)ccc(F)c2n1. The highest BCUT2D eigenvalue weighted by atomic mass is 19.1. The molecule has 0 amide bonds. The van der Waals surface area contributed by atoms with Gasteiger partial charge in [0.2, 0.25) is 0 Å². The average molecular weight is 265 g/mol. The fraction of sp³-hybridized carbons (Fsp3) is 0.286. The number of nitrogens with zero attached hydrogens (tertiary/aromatic N) is 1. The van der Waals surface area contributed by atoms with Gasteiger partial charge in [0.1, 0.15) is 17.2 Å². The Morgan fingerprint density at radius 3 is 2.58 bits per heavy atom. The summed E-state index contributed by atoms with van der Waals surface area (Å²) in [6, 6.07) is 3.19. The second-order valence-electron chi connectivity index (χ2n) is 4.46. The van der Waals surface area contributed by atoms with E-state index in [1.807, 2.05) is 13.8 Å². The Bertz CT molecular complexity index is 655. The number of hydrogen-bond acceptors (Lipinski definition) is 2. The maximum atomic E-state index is 13.7. The lowest BCUT2D eigenvalue weighted by Gasteiger charge is -2.12. The Hall–Kier alpha value is -2.04. The Morgan fingerprint density at radius 2 is 2.00 bits per heavy atom. The van der Waals surface area contributed by atoms with Gasteiger partial charge in [0, 0.05) is 5.69 Å². The first-order chi connectivity index (χ1) is 8.95. The van der Waals surface area contributed by atoms with Crippen molar-refractivity contribution in [3.63, 3.8) is 0 Å². The van der Waals surface area contributed by atoms with Crippen LogP contribution in [0.5, 0.6) is 0 Å². The van der Waals surface area contributed by atoms with Crippen LogP contribution in [0.1, 0.15) is 42.2 Å². The van der Waals surface area contributed by atoms with Gasteiger partial charge in [-0.25, -0.2) is 18.6 Å². The Kier molecular flexibility index (Phi) is 3.46. The van der Waals surface area contributed by atoms with Crippen molar-refractivity contribution in [1.82, 2.24) is 4.98 Å². The van der Waals surface area contributed by atoms with Gasteiger partial charge in [0.05, 0.1) is 10.9 Å². The molecule has 5 heteroatoms. The van der Waals surface area contributed by atoms with Crippen LogP contribution in [0.4, 0.5) is 8.78 Å². The molecule has 0 saturated heterocycles. The molecule has 1 atom stereocenters. The largest absolute Gasteiger partial charge is 0.478 e. The van der Waals surface area contributed by atoms with E-state index in [0.717, 1.165) is 18.6 Å². The fourth-order valence-corrected chi connectivity index (χ4v) is 1.92. The standard InChI is InChI=1S/C14H13F2NO2/c1-3-7(2)11-6-8(14(18)19)12-9(15)4-5-10(16)13(12)17-11/h4-7H,3H2,1-2H3,(H,18,19). The molecule has 2 rings (SSSR count). The third-order valence-electron chi connectivity index (χ3n) is 3.23. The summed E-state index contributed by atoms with van der Waals surface area (Å²) in [6.45, 7) is 3.77. The minimum Gasteiger partial charge on any atom is -0.478 e. The molecule has 19 heavy (non-hydrogen) atoms. The molecular formula is C14H13F2NO2. The summed E-state index contributed by atoms with van der Waals surface area (Å²) in [4.78, 5) is 15.3. The number of hydrogen-bond donors (Lipinski definition) is 1. The quantitative estimate of drug-likeness (QED) is 0.920. The molecule has 0 saturated carbocycles. The van der Waals surface area contributed by atoms with E-state index < -0.39 is 17.6 Å². The second-order valence-corrected chi connectivity index (χ2v) is 4.46. The number of carboxylic acids is 1. The Morgan fingerprint density at radius 1 is 1.37 bits per heavy atom. The third-order valence-corrected chi connectivity index (χ3v) is 3.23. The van der Waals surface area contributed by atoms with Gasteiger partial charge in [-0.1, -0.05) is 13.8 Å². The first-order valence-corrected chi connectivity index (χ1v) is 5.97. The Labute approximate surface area is 108 Å². The first-order valence-electron chi connectivity index (χ1n) is 5.97. The van der Waals surface area contributed by atoms with Crippen molar-refractivity contribution in [2.75, 3.05) is 0 Å². The van der Waals surface area contributed by atoms with Crippen molar-refractivity contribution in [2.45, 2.75) is 26.2 Å². The number of pyridine rings is 1. The minimum absolute atomic E-state index is 0.0230. The summed E-state index contributed by atoms with van der Waals surface area (Å²) in [6.07, 6.45) is 0.731. The Balaban J connectivity index is 2.87. The van der Waals surface area contributed by atoms with E-state index in [4.69, 9.17) is 5.11 Å². The lowest BCUT2D eigenvalue weighted by Crippen LogP contribution is -2.06.